The lowest BCUT2D eigenvalue weighted by atomic mass is 10.3. The van der Waals surface area contributed by atoms with Crippen LogP contribution in [-0.4, -0.2) is 41.1 Å². The zero-order valence-electron chi connectivity index (χ0n) is 14.6. The molecule has 3 heterocycles. The summed E-state index contributed by atoms with van der Waals surface area (Å²) in [5.41, 5.74) is 3.43. The van der Waals surface area contributed by atoms with Crippen molar-refractivity contribution in [2.24, 2.45) is 10.1 Å². The smallest absolute Gasteiger partial charge is 0.206 e. The molecular formula is C19H17N5OS2. The third-order valence-electron chi connectivity index (χ3n) is 3.77. The highest BCUT2D eigenvalue weighted by Gasteiger charge is 2.08. The lowest BCUT2D eigenvalue weighted by Gasteiger charge is -2.01. The van der Waals surface area contributed by atoms with E-state index in [4.69, 9.17) is 4.74 Å². The van der Waals surface area contributed by atoms with Crippen molar-refractivity contribution in [2.45, 2.75) is 0 Å². The second kappa shape index (κ2) is 8.34. The SMILES string of the molecule is COCCN=c1scc(-c2cccs2)n1/N=C\c1cnc2ccccc2n1. The molecule has 0 N–H and O–H groups in total. The molecule has 8 heteroatoms. The summed E-state index contributed by atoms with van der Waals surface area (Å²) in [5.74, 6) is 0. The molecule has 4 aromatic rings. The fraction of sp³-hybridized carbons (Fsp3) is 0.158. The Morgan fingerprint density at radius 1 is 1.15 bits per heavy atom. The van der Waals surface area contributed by atoms with E-state index < -0.39 is 0 Å². The molecule has 0 fully saturated rings. The van der Waals surface area contributed by atoms with E-state index in [2.05, 4.69) is 36.9 Å². The molecule has 0 aliphatic heterocycles. The van der Waals surface area contributed by atoms with Gasteiger partial charge in [0.25, 0.3) is 0 Å². The Bertz CT molecular complexity index is 1130. The molecule has 27 heavy (non-hydrogen) atoms. The van der Waals surface area contributed by atoms with Crippen LogP contribution in [0.25, 0.3) is 21.6 Å². The number of thiophene rings is 1. The molecule has 6 nitrogen and oxygen atoms in total. The average Bonchev–Trinajstić information content (AvgIpc) is 3.36. The van der Waals surface area contributed by atoms with Crippen LogP contribution in [0.4, 0.5) is 0 Å². The summed E-state index contributed by atoms with van der Waals surface area (Å²) in [4.78, 5) is 15.6. The highest BCUT2D eigenvalue weighted by molar-refractivity contribution is 7.14. The van der Waals surface area contributed by atoms with Crippen LogP contribution >= 0.6 is 22.7 Å². The van der Waals surface area contributed by atoms with E-state index in [0.717, 1.165) is 26.4 Å². The van der Waals surface area contributed by atoms with Crippen molar-refractivity contribution in [3.8, 4) is 10.6 Å². The quantitative estimate of drug-likeness (QED) is 0.370. The first-order valence-corrected chi connectivity index (χ1v) is 10.1. The summed E-state index contributed by atoms with van der Waals surface area (Å²) in [5, 5.41) is 8.77. The van der Waals surface area contributed by atoms with Crippen LogP contribution in [0.1, 0.15) is 5.69 Å². The van der Waals surface area contributed by atoms with Crippen molar-refractivity contribution in [2.75, 3.05) is 20.3 Å². The molecule has 1 aromatic carbocycles. The van der Waals surface area contributed by atoms with Crippen LogP contribution in [0, 0.1) is 0 Å². The molecule has 0 saturated carbocycles. The van der Waals surface area contributed by atoms with Gasteiger partial charge in [0.1, 0.15) is 5.69 Å². The fourth-order valence-electron chi connectivity index (χ4n) is 2.50. The predicted molar refractivity (Wildman–Crippen MR) is 110 cm³/mol. The molecule has 3 aromatic heterocycles. The van der Waals surface area contributed by atoms with Crippen LogP contribution in [0.2, 0.25) is 0 Å². The Balaban J connectivity index is 1.73. The van der Waals surface area contributed by atoms with Crippen molar-refractivity contribution in [3.63, 3.8) is 0 Å². The Hall–Kier alpha value is -2.68. The monoisotopic (exact) mass is 395 g/mol. The standard InChI is InChI=1S/C19H17N5OS2/c1-25-9-8-20-19-24(17(13-27-19)18-7-4-10-26-18)22-12-14-11-21-15-5-2-3-6-16(15)23-14/h2-7,10-13H,8-9H2,1H3/b20-19?,22-12-. The van der Waals surface area contributed by atoms with E-state index in [1.165, 1.54) is 0 Å². The zero-order chi connectivity index (χ0) is 18.5. The third-order valence-corrected chi connectivity index (χ3v) is 5.52. The number of ether oxygens (including phenoxy) is 1. The molecule has 136 valence electrons. The minimum Gasteiger partial charge on any atom is -0.383 e. The number of rotatable bonds is 6. The molecule has 0 aliphatic carbocycles. The summed E-state index contributed by atoms with van der Waals surface area (Å²) in [6.07, 6.45) is 3.45. The molecule has 4 rings (SSSR count). The number of fused-ring (bicyclic) bond motifs is 1. The van der Waals surface area contributed by atoms with Crippen LogP contribution in [-0.2, 0) is 4.74 Å². The Labute approximate surface area is 164 Å². The summed E-state index contributed by atoms with van der Waals surface area (Å²) >= 11 is 3.23. The zero-order valence-corrected chi connectivity index (χ0v) is 16.3. The van der Waals surface area contributed by atoms with E-state index in [9.17, 15) is 0 Å². The summed E-state index contributed by atoms with van der Waals surface area (Å²) in [6.45, 7) is 1.16. The molecule has 0 saturated heterocycles. The number of thiazole rings is 1. The first kappa shape index (κ1) is 17.7. The molecule has 0 amide bonds. The van der Waals surface area contributed by atoms with Gasteiger partial charge in [-0.2, -0.15) is 5.10 Å². The number of methoxy groups -OCH3 is 1. The maximum Gasteiger partial charge on any atom is 0.206 e. The summed E-state index contributed by atoms with van der Waals surface area (Å²) < 4.78 is 6.95. The van der Waals surface area contributed by atoms with Crippen molar-refractivity contribution in [1.82, 2.24) is 14.6 Å². The molecule has 0 unspecified atom stereocenters. The van der Waals surface area contributed by atoms with Crippen molar-refractivity contribution >= 4 is 39.9 Å². The number of aromatic nitrogens is 3. The van der Waals surface area contributed by atoms with E-state index >= 15 is 0 Å². The van der Waals surface area contributed by atoms with Crippen molar-refractivity contribution in [3.05, 3.63) is 63.9 Å². The van der Waals surface area contributed by atoms with E-state index in [-0.39, 0.29) is 0 Å². The second-order valence-electron chi connectivity index (χ2n) is 5.60. The maximum absolute atomic E-state index is 5.10. The Kier molecular flexibility index (Phi) is 5.47. The largest absolute Gasteiger partial charge is 0.383 e. The highest BCUT2D eigenvalue weighted by atomic mass is 32.1. The molecule has 0 spiro atoms. The van der Waals surface area contributed by atoms with Crippen molar-refractivity contribution < 1.29 is 4.74 Å². The van der Waals surface area contributed by atoms with Crippen LogP contribution in [0.3, 0.4) is 0 Å². The number of para-hydroxylation sites is 2. The summed E-state index contributed by atoms with van der Waals surface area (Å²) in [7, 11) is 1.67. The molecular weight excluding hydrogens is 378 g/mol. The van der Waals surface area contributed by atoms with Crippen molar-refractivity contribution in [1.29, 1.82) is 0 Å². The van der Waals surface area contributed by atoms with Gasteiger partial charge in [-0.1, -0.05) is 18.2 Å². The van der Waals surface area contributed by atoms with E-state index in [0.29, 0.717) is 18.8 Å². The number of benzene rings is 1. The number of nitrogens with zero attached hydrogens (tertiary/aromatic N) is 5. The first-order chi connectivity index (χ1) is 13.3. The molecule has 0 aliphatic rings. The predicted octanol–water partition coefficient (Wildman–Crippen LogP) is 3.65. The Morgan fingerprint density at radius 2 is 2.04 bits per heavy atom. The lowest BCUT2D eigenvalue weighted by Crippen LogP contribution is -2.13. The summed E-state index contributed by atoms with van der Waals surface area (Å²) in [6, 6.07) is 11.9. The number of hydrogen-bond acceptors (Lipinski definition) is 7. The van der Waals surface area contributed by atoms with Crippen LogP contribution in [0.15, 0.2) is 63.4 Å². The van der Waals surface area contributed by atoms with Crippen LogP contribution in [0.5, 0.6) is 0 Å². The van der Waals surface area contributed by atoms with Gasteiger partial charge in [0, 0.05) is 12.5 Å². The topological polar surface area (TPSA) is 64.7 Å². The highest BCUT2D eigenvalue weighted by Crippen LogP contribution is 2.25. The van der Waals surface area contributed by atoms with Gasteiger partial charge in [0.05, 0.1) is 47.2 Å². The van der Waals surface area contributed by atoms with Crippen LogP contribution < -0.4 is 4.80 Å². The van der Waals surface area contributed by atoms with Gasteiger partial charge >= 0.3 is 0 Å². The van der Waals surface area contributed by atoms with Gasteiger partial charge in [-0.3, -0.25) is 9.98 Å². The molecule has 0 bridgehead atoms. The maximum atomic E-state index is 5.10. The average molecular weight is 396 g/mol. The minimum atomic E-state index is 0.575. The minimum absolute atomic E-state index is 0.575. The van der Waals surface area contributed by atoms with Gasteiger partial charge in [0.15, 0.2) is 0 Å². The van der Waals surface area contributed by atoms with Gasteiger partial charge in [0.2, 0.25) is 4.80 Å². The molecule has 0 radical (unpaired) electrons. The van der Waals surface area contributed by atoms with Gasteiger partial charge < -0.3 is 4.74 Å². The van der Waals surface area contributed by atoms with Gasteiger partial charge in [-0.25, -0.2) is 9.66 Å². The van der Waals surface area contributed by atoms with E-state index in [1.54, 1.807) is 42.2 Å². The number of hydrogen-bond donors (Lipinski definition) is 0. The Morgan fingerprint density at radius 3 is 2.85 bits per heavy atom. The first-order valence-electron chi connectivity index (χ1n) is 8.35. The molecule has 0 atom stereocenters. The lowest BCUT2D eigenvalue weighted by molar-refractivity contribution is 0.207. The van der Waals surface area contributed by atoms with Gasteiger partial charge in [-0.05, 0) is 23.6 Å². The fourth-order valence-corrected chi connectivity index (χ4v) is 4.15. The normalized spacial score (nSPS) is 12.4. The third kappa shape index (κ3) is 4.02. The van der Waals surface area contributed by atoms with E-state index in [1.807, 2.05) is 35.0 Å². The van der Waals surface area contributed by atoms with Gasteiger partial charge in [-0.15, -0.1) is 22.7 Å². The second-order valence-corrected chi connectivity index (χ2v) is 7.38.